The van der Waals surface area contributed by atoms with Crippen LogP contribution in [0.1, 0.15) is 43.0 Å². The number of carbonyl (C=O) groups is 2. The zero-order valence-electron chi connectivity index (χ0n) is 14.7. The standard InChI is InChI=1S/C20H23N3O3/c24-19-11-16(13-22(19)14-17-6-4-10-26-17)20(25)23-9-2-1-7-18(23)15-5-3-8-21-12-15/h3-6,8,10,12,16,18H,1-2,7,9,11,13-14H2. The third-order valence-electron chi connectivity index (χ3n) is 5.35. The molecular formula is C20H23N3O3. The Hall–Kier alpha value is -2.63. The summed E-state index contributed by atoms with van der Waals surface area (Å²) in [5.74, 6) is 0.593. The van der Waals surface area contributed by atoms with E-state index in [1.165, 1.54) is 0 Å². The molecule has 0 saturated carbocycles. The first-order valence-corrected chi connectivity index (χ1v) is 9.23. The van der Waals surface area contributed by atoms with Crippen LogP contribution in [0.5, 0.6) is 0 Å². The lowest BCUT2D eigenvalue weighted by molar-refractivity contribution is -0.139. The van der Waals surface area contributed by atoms with E-state index in [-0.39, 0.29) is 30.2 Å². The zero-order valence-corrected chi connectivity index (χ0v) is 14.7. The van der Waals surface area contributed by atoms with Gasteiger partial charge in [0.15, 0.2) is 0 Å². The smallest absolute Gasteiger partial charge is 0.228 e. The molecule has 0 radical (unpaired) electrons. The van der Waals surface area contributed by atoms with Crippen molar-refractivity contribution in [2.24, 2.45) is 5.92 Å². The molecule has 4 rings (SSSR count). The Balaban J connectivity index is 1.46. The van der Waals surface area contributed by atoms with E-state index >= 15 is 0 Å². The number of rotatable bonds is 4. The van der Waals surface area contributed by atoms with E-state index in [1.54, 1.807) is 17.4 Å². The van der Waals surface area contributed by atoms with Crippen LogP contribution in [0.3, 0.4) is 0 Å². The first-order valence-electron chi connectivity index (χ1n) is 9.23. The molecule has 0 aliphatic carbocycles. The molecule has 2 aliphatic heterocycles. The molecule has 26 heavy (non-hydrogen) atoms. The number of aromatic nitrogens is 1. The molecule has 2 aromatic heterocycles. The van der Waals surface area contributed by atoms with Gasteiger partial charge < -0.3 is 14.2 Å². The monoisotopic (exact) mass is 353 g/mol. The van der Waals surface area contributed by atoms with Crippen LogP contribution in [0.4, 0.5) is 0 Å². The van der Waals surface area contributed by atoms with Gasteiger partial charge in [-0.1, -0.05) is 6.07 Å². The van der Waals surface area contributed by atoms with Gasteiger partial charge in [0.2, 0.25) is 11.8 Å². The molecule has 2 unspecified atom stereocenters. The van der Waals surface area contributed by atoms with Crippen LogP contribution in [-0.4, -0.2) is 39.7 Å². The molecular weight excluding hydrogens is 330 g/mol. The average molecular weight is 353 g/mol. The molecule has 0 aromatic carbocycles. The van der Waals surface area contributed by atoms with Crippen LogP contribution in [0.15, 0.2) is 47.3 Å². The van der Waals surface area contributed by atoms with Crippen LogP contribution >= 0.6 is 0 Å². The number of piperidine rings is 1. The Morgan fingerprint density at radius 2 is 2.19 bits per heavy atom. The molecule has 2 saturated heterocycles. The van der Waals surface area contributed by atoms with Gasteiger partial charge in [0.05, 0.1) is 24.8 Å². The molecule has 2 amide bonds. The highest BCUT2D eigenvalue weighted by atomic mass is 16.3. The summed E-state index contributed by atoms with van der Waals surface area (Å²) in [6.07, 6.45) is 8.56. The Kier molecular flexibility index (Phi) is 4.73. The van der Waals surface area contributed by atoms with Crippen LogP contribution < -0.4 is 0 Å². The summed E-state index contributed by atoms with van der Waals surface area (Å²) in [6, 6.07) is 7.68. The van der Waals surface area contributed by atoms with Gasteiger partial charge in [-0.05, 0) is 43.0 Å². The number of amides is 2. The summed E-state index contributed by atoms with van der Waals surface area (Å²) in [5, 5.41) is 0. The highest BCUT2D eigenvalue weighted by Gasteiger charge is 2.39. The lowest BCUT2D eigenvalue weighted by atomic mass is 9.94. The number of hydrogen-bond donors (Lipinski definition) is 0. The second kappa shape index (κ2) is 7.32. The average Bonchev–Trinajstić information content (AvgIpc) is 3.32. The highest BCUT2D eigenvalue weighted by Crippen LogP contribution is 2.33. The fraction of sp³-hybridized carbons (Fsp3) is 0.450. The predicted octanol–water partition coefficient (Wildman–Crippen LogP) is 2.78. The molecule has 2 aliphatic rings. The highest BCUT2D eigenvalue weighted by molar-refractivity contribution is 5.89. The number of furan rings is 1. The Labute approximate surface area is 152 Å². The molecule has 6 nitrogen and oxygen atoms in total. The summed E-state index contributed by atoms with van der Waals surface area (Å²) in [5.41, 5.74) is 1.08. The Morgan fingerprint density at radius 1 is 1.27 bits per heavy atom. The quantitative estimate of drug-likeness (QED) is 0.848. The third kappa shape index (κ3) is 3.36. The van der Waals surface area contributed by atoms with E-state index in [1.807, 2.05) is 35.4 Å². The van der Waals surface area contributed by atoms with Gasteiger partial charge in [0.25, 0.3) is 0 Å². The van der Waals surface area contributed by atoms with Gasteiger partial charge in [-0.25, -0.2) is 0 Å². The third-order valence-corrected chi connectivity index (χ3v) is 5.35. The maximum absolute atomic E-state index is 13.2. The molecule has 4 heterocycles. The topological polar surface area (TPSA) is 66.7 Å². The number of carbonyl (C=O) groups excluding carboxylic acids is 2. The van der Waals surface area contributed by atoms with Crippen molar-refractivity contribution in [3.63, 3.8) is 0 Å². The molecule has 2 fully saturated rings. The molecule has 2 aromatic rings. The number of pyridine rings is 1. The first kappa shape index (κ1) is 16.8. The van der Waals surface area contributed by atoms with Crippen molar-refractivity contribution in [3.8, 4) is 0 Å². The predicted molar refractivity (Wildman–Crippen MR) is 94.8 cm³/mol. The SMILES string of the molecule is O=C1CC(C(=O)N2CCCCC2c2cccnc2)CN1Cc1ccco1. The molecule has 0 N–H and O–H groups in total. The van der Waals surface area contributed by atoms with E-state index < -0.39 is 0 Å². The Bertz CT molecular complexity index is 760. The van der Waals surface area contributed by atoms with Crippen molar-refractivity contribution < 1.29 is 14.0 Å². The van der Waals surface area contributed by atoms with Gasteiger partial charge in [-0.3, -0.25) is 14.6 Å². The Morgan fingerprint density at radius 3 is 2.96 bits per heavy atom. The molecule has 0 spiro atoms. The minimum atomic E-state index is -0.269. The molecule has 136 valence electrons. The van der Waals surface area contributed by atoms with Crippen molar-refractivity contribution in [2.75, 3.05) is 13.1 Å². The van der Waals surface area contributed by atoms with Gasteiger partial charge in [0.1, 0.15) is 5.76 Å². The number of hydrogen-bond acceptors (Lipinski definition) is 4. The second-order valence-electron chi connectivity index (χ2n) is 7.08. The number of nitrogens with zero attached hydrogens (tertiary/aromatic N) is 3. The van der Waals surface area contributed by atoms with Crippen LogP contribution in [0.25, 0.3) is 0 Å². The van der Waals surface area contributed by atoms with Gasteiger partial charge in [-0.15, -0.1) is 0 Å². The fourth-order valence-corrected chi connectivity index (χ4v) is 4.03. The van der Waals surface area contributed by atoms with Crippen LogP contribution in [0, 0.1) is 5.92 Å². The van der Waals surface area contributed by atoms with Gasteiger partial charge in [-0.2, -0.15) is 0 Å². The van der Waals surface area contributed by atoms with E-state index in [0.29, 0.717) is 13.1 Å². The van der Waals surface area contributed by atoms with E-state index in [4.69, 9.17) is 4.42 Å². The summed E-state index contributed by atoms with van der Waals surface area (Å²) in [7, 11) is 0. The van der Waals surface area contributed by atoms with Crippen molar-refractivity contribution in [2.45, 2.75) is 38.3 Å². The number of likely N-dealkylation sites (tertiary alicyclic amines) is 2. The summed E-state index contributed by atoms with van der Waals surface area (Å²) < 4.78 is 5.33. The molecule has 6 heteroatoms. The zero-order chi connectivity index (χ0) is 17.9. The lowest BCUT2D eigenvalue weighted by Gasteiger charge is -2.37. The summed E-state index contributed by atoms with van der Waals surface area (Å²) >= 11 is 0. The van der Waals surface area contributed by atoms with Crippen molar-refractivity contribution in [1.82, 2.24) is 14.8 Å². The maximum Gasteiger partial charge on any atom is 0.228 e. The van der Waals surface area contributed by atoms with Crippen LogP contribution in [-0.2, 0) is 16.1 Å². The lowest BCUT2D eigenvalue weighted by Crippen LogP contribution is -2.42. The first-order chi connectivity index (χ1) is 12.7. The normalized spacial score (nSPS) is 23.5. The largest absolute Gasteiger partial charge is 0.467 e. The van der Waals surface area contributed by atoms with Crippen molar-refractivity contribution in [1.29, 1.82) is 0 Å². The van der Waals surface area contributed by atoms with Crippen molar-refractivity contribution in [3.05, 3.63) is 54.2 Å². The fourth-order valence-electron chi connectivity index (χ4n) is 4.03. The van der Waals surface area contributed by atoms with E-state index in [0.717, 1.165) is 37.1 Å². The van der Waals surface area contributed by atoms with E-state index in [2.05, 4.69) is 4.98 Å². The maximum atomic E-state index is 13.2. The van der Waals surface area contributed by atoms with Gasteiger partial charge >= 0.3 is 0 Å². The van der Waals surface area contributed by atoms with Crippen LogP contribution in [0.2, 0.25) is 0 Å². The molecule has 2 atom stereocenters. The van der Waals surface area contributed by atoms with E-state index in [9.17, 15) is 9.59 Å². The second-order valence-corrected chi connectivity index (χ2v) is 7.08. The summed E-state index contributed by atoms with van der Waals surface area (Å²) in [4.78, 5) is 33.4. The minimum absolute atomic E-state index is 0.0229. The summed E-state index contributed by atoms with van der Waals surface area (Å²) in [6.45, 7) is 1.65. The minimum Gasteiger partial charge on any atom is -0.467 e. The molecule has 0 bridgehead atoms. The van der Waals surface area contributed by atoms with Crippen molar-refractivity contribution >= 4 is 11.8 Å². The van der Waals surface area contributed by atoms with Gasteiger partial charge in [0, 0.05) is 31.9 Å².